The summed E-state index contributed by atoms with van der Waals surface area (Å²) in [6.45, 7) is 4.41. The minimum atomic E-state index is -1.03. The van der Waals surface area contributed by atoms with Crippen LogP contribution in [0.5, 0.6) is 0 Å². The molecule has 1 atom stereocenters. The van der Waals surface area contributed by atoms with Gasteiger partial charge in [-0.15, -0.1) is 5.10 Å². The number of aromatic nitrogens is 3. The number of hydrogen-bond donors (Lipinski definition) is 1. The Bertz CT molecular complexity index is 362. The summed E-state index contributed by atoms with van der Waals surface area (Å²) < 4.78 is 6.73. The fourth-order valence-electron chi connectivity index (χ4n) is 1.45. The van der Waals surface area contributed by atoms with Gasteiger partial charge in [-0.3, -0.25) is 0 Å². The van der Waals surface area contributed by atoms with E-state index < -0.39 is 5.97 Å². The highest BCUT2D eigenvalue weighted by Gasteiger charge is 2.18. The quantitative estimate of drug-likeness (QED) is 0.783. The van der Waals surface area contributed by atoms with Gasteiger partial charge in [0.1, 0.15) is 0 Å². The molecule has 0 aliphatic heterocycles. The average Bonchev–Trinajstić information content (AvgIpc) is 2.62. The Hall–Kier alpha value is -1.43. The Morgan fingerprint density at radius 1 is 1.62 bits per heavy atom. The second kappa shape index (κ2) is 5.60. The molecule has 6 nitrogen and oxygen atoms in total. The summed E-state index contributed by atoms with van der Waals surface area (Å²) in [4.78, 5) is 10.9. The molecule has 0 aromatic carbocycles. The van der Waals surface area contributed by atoms with E-state index in [0.29, 0.717) is 18.7 Å². The van der Waals surface area contributed by atoms with Crippen molar-refractivity contribution < 1.29 is 14.6 Å². The number of rotatable bonds is 6. The molecule has 0 fully saturated rings. The third-order valence-corrected chi connectivity index (χ3v) is 2.36. The first-order valence-electron chi connectivity index (χ1n) is 5.28. The van der Waals surface area contributed by atoms with Gasteiger partial charge in [-0.2, -0.15) is 0 Å². The van der Waals surface area contributed by atoms with E-state index in [4.69, 9.17) is 9.84 Å². The molecule has 1 N–H and O–H groups in total. The first-order valence-corrected chi connectivity index (χ1v) is 5.28. The van der Waals surface area contributed by atoms with Crippen molar-refractivity contribution in [3.63, 3.8) is 0 Å². The highest BCUT2D eigenvalue weighted by molar-refractivity contribution is 5.86. The molecule has 0 amide bonds. The maximum atomic E-state index is 10.9. The summed E-state index contributed by atoms with van der Waals surface area (Å²) in [5.74, 6) is -1.03. The van der Waals surface area contributed by atoms with Crippen LogP contribution in [-0.4, -0.2) is 39.3 Å². The molecule has 90 valence electrons. The van der Waals surface area contributed by atoms with Crippen LogP contribution in [-0.2, 0) is 17.7 Å². The summed E-state index contributed by atoms with van der Waals surface area (Å²) in [5.41, 5.74) is 0.712. The number of carboxylic acids is 1. The number of methoxy groups -OCH3 is 1. The molecule has 0 radical (unpaired) electrons. The molecular formula is C10H17N3O3. The molecule has 6 heteroatoms. The van der Waals surface area contributed by atoms with E-state index >= 15 is 0 Å². The Balaban J connectivity index is 2.95. The zero-order valence-electron chi connectivity index (χ0n) is 9.80. The lowest BCUT2D eigenvalue weighted by Gasteiger charge is -2.11. The van der Waals surface area contributed by atoms with E-state index in [-0.39, 0.29) is 11.8 Å². The van der Waals surface area contributed by atoms with E-state index in [2.05, 4.69) is 10.3 Å². The molecule has 1 rings (SSSR count). The normalized spacial score (nSPS) is 12.7. The van der Waals surface area contributed by atoms with Gasteiger partial charge in [0.2, 0.25) is 0 Å². The Morgan fingerprint density at radius 3 is 2.81 bits per heavy atom. The number of ether oxygens (including phenoxy) is 1. The van der Waals surface area contributed by atoms with Crippen molar-refractivity contribution in [2.24, 2.45) is 0 Å². The summed E-state index contributed by atoms with van der Waals surface area (Å²) in [6.07, 6.45) is 1.50. The second-order valence-corrected chi connectivity index (χ2v) is 3.67. The van der Waals surface area contributed by atoms with E-state index in [9.17, 15) is 4.79 Å². The molecule has 1 heterocycles. The first-order chi connectivity index (χ1) is 7.60. The summed E-state index contributed by atoms with van der Waals surface area (Å²) in [6, 6.07) is 0. The smallest absolute Gasteiger partial charge is 0.358 e. The molecule has 0 aliphatic rings. The highest BCUT2D eigenvalue weighted by atomic mass is 16.5. The Labute approximate surface area is 94.2 Å². The van der Waals surface area contributed by atoms with Gasteiger partial charge in [0.05, 0.1) is 18.3 Å². The lowest BCUT2D eigenvalue weighted by Crippen LogP contribution is -2.18. The fraction of sp³-hybridized carbons (Fsp3) is 0.700. The molecule has 0 bridgehead atoms. The molecule has 0 spiro atoms. The van der Waals surface area contributed by atoms with Crippen LogP contribution in [0, 0.1) is 0 Å². The van der Waals surface area contributed by atoms with Gasteiger partial charge in [-0.05, 0) is 13.3 Å². The van der Waals surface area contributed by atoms with Crippen LogP contribution >= 0.6 is 0 Å². The van der Waals surface area contributed by atoms with Crippen LogP contribution in [0.1, 0.15) is 36.5 Å². The first kappa shape index (κ1) is 12.6. The zero-order chi connectivity index (χ0) is 12.1. The van der Waals surface area contributed by atoms with Gasteiger partial charge in [-0.25, -0.2) is 9.48 Å². The SMILES string of the molecule is CCCc1c(C(=O)O)nnn1CC(C)OC. The van der Waals surface area contributed by atoms with E-state index in [1.165, 1.54) is 0 Å². The van der Waals surface area contributed by atoms with Gasteiger partial charge >= 0.3 is 5.97 Å². The number of nitrogens with zero attached hydrogens (tertiary/aromatic N) is 3. The molecule has 1 aromatic rings. The van der Waals surface area contributed by atoms with Crippen molar-refractivity contribution in [3.05, 3.63) is 11.4 Å². The topological polar surface area (TPSA) is 77.2 Å². The highest BCUT2D eigenvalue weighted by Crippen LogP contribution is 2.09. The van der Waals surface area contributed by atoms with Crippen molar-refractivity contribution in [1.82, 2.24) is 15.0 Å². The van der Waals surface area contributed by atoms with E-state index in [0.717, 1.165) is 6.42 Å². The Morgan fingerprint density at radius 2 is 2.31 bits per heavy atom. The van der Waals surface area contributed by atoms with Crippen LogP contribution in [0.15, 0.2) is 0 Å². The van der Waals surface area contributed by atoms with Crippen LogP contribution < -0.4 is 0 Å². The number of hydrogen-bond acceptors (Lipinski definition) is 4. The van der Waals surface area contributed by atoms with E-state index in [1.807, 2.05) is 13.8 Å². The predicted octanol–water partition coefficient (Wildman–Crippen LogP) is 0.964. The lowest BCUT2D eigenvalue weighted by atomic mass is 10.2. The third kappa shape index (κ3) is 2.79. The van der Waals surface area contributed by atoms with Crippen LogP contribution in [0.4, 0.5) is 0 Å². The maximum Gasteiger partial charge on any atom is 0.358 e. The van der Waals surface area contributed by atoms with Crippen molar-refractivity contribution in [1.29, 1.82) is 0 Å². The molecule has 1 aromatic heterocycles. The minimum absolute atomic E-state index is 0.0149. The fourth-order valence-corrected chi connectivity index (χ4v) is 1.45. The van der Waals surface area contributed by atoms with Gasteiger partial charge in [0.25, 0.3) is 0 Å². The van der Waals surface area contributed by atoms with Gasteiger partial charge < -0.3 is 9.84 Å². The maximum absolute atomic E-state index is 10.9. The average molecular weight is 227 g/mol. The van der Waals surface area contributed by atoms with Crippen molar-refractivity contribution >= 4 is 5.97 Å². The Kier molecular flexibility index (Phi) is 4.42. The van der Waals surface area contributed by atoms with E-state index in [1.54, 1.807) is 11.8 Å². The molecular weight excluding hydrogens is 210 g/mol. The van der Waals surface area contributed by atoms with Crippen molar-refractivity contribution in [2.75, 3.05) is 7.11 Å². The molecule has 0 saturated heterocycles. The standard InChI is InChI=1S/C10H17N3O3/c1-4-5-8-9(10(14)15)11-12-13(8)6-7(2)16-3/h7H,4-6H2,1-3H3,(H,14,15). The molecule has 16 heavy (non-hydrogen) atoms. The molecule has 1 unspecified atom stereocenters. The summed E-state index contributed by atoms with van der Waals surface area (Å²) in [7, 11) is 1.61. The third-order valence-electron chi connectivity index (χ3n) is 2.36. The van der Waals surface area contributed by atoms with Crippen LogP contribution in [0.25, 0.3) is 0 Å². The molecule has 0 aliphatic carbocycles. The van der Waals surface area contributed by atoms with Gasteiger partial charge in [-0.1, -0.05) is 18.6 Å². The van der Waals surface area contributed by atoms with Gasteiger partial charge in [0, 0.05) is 7.11 Å². The van der Waals surface area contributed by atoms with Crippen molar-refractivity contribution in [3.8, 4) is 0 Å². The van der Waals surface area contributed by atoms with Crippen molar-refractivity contribution in [2.45, 2.75) is 39.3 Å². The summed E-state index contributed by atoms with van der Waals surface area (Å²) >= 11 is 0. The van der Waals surface area contributed by atoms with Crippen LogP contribution in [0.2, 0.25) is 0 Å². The minimum Gasteiger partial charge on any atom is -0.476 e. The molecule has 0 saturated carbocycles. The van der Waals surface area contributed by atoms with Gasteiger partial charge in [0.15, 0.2) is 5.69 Å². The number of carbonyl (C=O) groups is 1. The number of aromatic carboxylic acids is 1. The lowest BCUT2D eigenvalue weighted by molar-refractivity contribution is 0.0688. The monoisotopic (exact) mass is 227 g/mol. The predicted molar refractivity (Wildman–Crippen MR) is 57.4 cm³/mol. The second-order valence-electron chi connectivity index (χ2n) is 3.67. The zero-order valence-corrected chi connectivity index (χ0v) is 9.80. The largest absolute Gasteiger partial charge is 0.476 e. The summed E-state index contributed by atoms with van der Waals surface area (Å²) in [5, 5.41) is 16.5. The number of carboxylic acid groups (broad SMARTS) is 1. The van der Waals surface area contributed by atoms with Crippen LogP contribution in [0.3, 0.4) is 0 Å².